The Morgan fingerprint density at radius 1 is 1.38 bits per heavy atom. The number of aryl methyl sites for hydroxylation is 2. The van der Waals surface area contributed by atoms with Crippen LogP contribution in [0, 0.1) is 0 Å². The van der Waals surface area contributed by atoms with E-state index in [-0.39, 0.29) is 11.5 Å². The van der Waals surface area contributed by atoms with Gasteiger partial charge in [0.05, 0.1) is 31.3 Å². The molecule has 26 heavy (non-hydrogen) atoms. The highest BCUT2D eigenvalue weighted by Gasteiger charge is 2.23. The maximum absolute atomic E-state index is 13.3. The fraction of sp³-hybridized carbons (Fsp3) is 0.611. The van der Waals surface area contributed by atoms with Gasteiger partial charge in [-0.1, -0.05) is 11.8 Å². The number of primary amides is 1. The lowest BCUT2D eigenvalue weighted by Gasteiger charge is -2.15. The van der Waals surface area contributed by atoms with Crippen LogP contribution in [-0.2, 0) is 24.2 Å². The third-order valence-corrected chi connectivity index (χ3v) is 7.08. The monoisotopic (exact) mass is 395 g/mol. The number of thioether (sulfide) groups is 1. The number of carbonyl (C=O) groups excluding carboxylic acids is 1. The number of hydrogen-bond acceptors (Lipinski definition) is 5. The first-order valence-corrected chi connectivity index (χ1v) is 10.9. The van der Waals surface area contributed by atoms with Crippen LogP contribution in [-0.4, -0.2) is 41.3 Å². The summed E-state index contributed by atoms with van der Waals surface area (Å²) >= 11 is 2.93. The van der Waals surface area contributed by atoms with Crippen molar-refractivity contribution < 1.29 is 9.69 Å². The van der Waals surface area contributed by atoms with E-state index in [9.17, 15) is 9.59 Å². The van der Waals surface area contributed by atoms with Crippen molar-refractivity contribution in [1.29, 1.82) is 0 Å². The number of nitrogens with two attached hydrogens (primary N) is 1. The zero-order chi connectivity index (χ0) is 18.8. The molecule has 3 N–H and O–H groups in total. The second-order valence-corrected chi connectivity index (χ2v) is 9.61. The van der Waals surface area contributed by atoms with Gasteiger partial charge in [0.25, 0.3) is 5.56 Å². The van der Waals surface area contributed by atoms with Gasteiger partial charge in [0.15, 0.2) is 5.16 Å². The number of thiophene rings is 1. The van der Waals surface area contributed by atoms with E-state index in [0.29, 0.717) is 11.7 Å². The van der Waals surface area contributed by atoms with Crippen molar-refractivity contribution in [3.63, 3.8) is 0 Å². The van der Waals surface area contributed by atoms with Gasteiger partial charge < -0.3 is 10.6 Å². The van der Waals surface area contributed by atoms with Crippen molar-refractivity contribution in [2.24, 2.45) is 5.73 Å². The molecule has 2 heterocycles. The summed E-state index contributed by atoms with van der Waals surface area (Å²) in [6, 6.07) is 0. The molecule has 0 unspecified atom stereocenters. The zero-order valence-electron chi connectivity index (χ0n) is 15.6. The summed E-state index contributed by atoms with van der Waals surface area (Å²) in [6.07, 6.45) is 5.22. The molecule has 0 saturated carbocycles. The molecule has 0 radical (unpaired) electrons. The van der Waals surface area contributed by atoms with Crippen molar-refractivity contribution in [1.82, 2.24) is 9.55 Å². The molecule has 142 valence electrons. The Labute approximate surface area is 161 Å². The highest BCUT2D eigenvalue weighted by atomic mass is 32.2. The average molecular weight is 396 g/mol. The predicted octanol–water partition coefficient (Wildman–Crippen LogP) is 0.837. The van der Waals surface area contributed by atoms with E-state index in [1.165, 1.54) is 33.5 Å². The van der Waals surface area contributed by atoms with E-state index < -0.39 is 5.25 Å². The number of nitrogens with zero attached hydrogens (tertiary/aromatic N) is 2. The Balaban J connectivity index is 2.07. The number of nitrogens with one attached hydrogen (secondary N) is 1. The molecule has 2 aromatic rings. The first-order valence-electron chi connectivity index (χ1n) is 9.18. The molecule has 0 spiro atoms. The third-order valence-electron chi connectivity index (χ3n) is 4.78. The van der Waals surface area contributed by atoms with Gasteiger partial charge >= 0.3 is 0 Å². The number of quaternary nitrogens is 1. The Bertz CT molecular complexity index is 872. The second-order valence-electron chi connectivity index (χ2n) is 7.22. The lowest BCUT2D eigenvalue weighted by molar-refractivity contribution is -0.858. The van der Waals surface area contributed by atoms with Crippen LogP contribution in [0.4, 0.5) is 0 Å². The summed E-state index contributed by atoms with van der Waals surface area (Å²) in [4.78, 5) is 33.1. The second kappa shape index (κ2) is 8.10. The SMILES string of the molecule is C[C@H](Sc1nc2sc3c(c2c(=O)n1CCC[NH+](C)C)CCCC3)C(N)=O. The Morgan fingerprint density at radius 3 is 2.81 bits per heavy atom. The van der Waals surface area contributed by atoms with E-state index in [1.807, 2.05) is 0 Å². The number of carbonyl (C=O) groups is 1. The molecule has 3 rings (SSSR count). The van der Waals surface area contributed by atoms with Gasteiger partial charge in [-0.3, -0.25) is 14.2 Å². The van der Waals surface area contributed by atoms with Crippen LogP contribution in [0.15, 0.2) is 9.95 Å². The number of aromatic nitrogens is 2. The molecule has 1 aliphatic carbocycles. The van der Waals surface area contributed by atoms with Crippen molar-refractivity contribution in [2.75, 3.05) is 20.6 Å². The molecule has 0 aromatic carbocycles. The van der Waals surface area contributed by atoms with Crippen molar-refractivity contribution >= 4 is 39.2 Å². The fourth-order valence-electron chi connectivity index (χ4n) is 3.31. The van der Waals surface area contributed by atoms with Crippen molar-refractivity contribution in [3.05, 3.63) is 20.8 Å². The smallest absolute Gasteiger partial charge is 0.263 e. The first-order chi connectivity index (χ1) is 12.4. The molecule has 6 nitrogen and oxygen atoms in total. The first kappa shape index (κ1) is 19.4. The maximum Gasteiger partial charge on any atom is 0.263 e. The maximum atomic E-state index is 13.3. The minimum atomic E-state index is -0.417. The molecule has 0 saturated heterocycles. The minimum Gasteiger partial charge on any atom is -0.369 e. The summed E-state index contributed by atoms with van der Waals surface area (Å²) in [6.45, 7) is 3.35. The van der Waals surface area contributed by atoms with Gasteiger partial charge in [-0.25, -0.2) is 4.98 Å². The molecule has 0 fully saturated rings. The van der Waals surface area contributed by atoms with Crippen LogP contribution in [0.3, 0.4) is 0 Å². The van der Waals surface area contributed by atoms with Crippen LogP contribution >= 0.6 is 23.1 Å². The highest BCUT2D eigenvalue weighted by Crippen LogP contribution is 2.35. The number of hydrogen-bond donors (Lipinski definition) is 2. The Morgan fingerprint density at radius 2 is 2.12 bits per heavy atom. The molecule has 1 aliphatic rings. The normalized spacial score (nSPS) is 15.4. The van der Waals surface area contributed by atoms with Crippen LogP contribution in [0.1, 0.15) is 36.6 Å². The highest BCUT2D eigenvalue weighted by molar-refractivity contribution is 8.00. The quantitative estimate of drug-likeness (QED) is 0.538. The Kier molecular flexibility index (Phi) is 6.04. The van der Waals surface area contributed by atoms with E-state index in [2.05, 4.69) is 14.1 Å². The lowest BCUT2D eigenvalue weighted by Crippen LogP contribution is -3.05. The lowest BCUT2D eigenvalue weighted by atomic mass is 9.97. The van der Waals surface area contributed by atoms with E-state index in [0.717, 1.165) is 42.4 Å². The van der Waals surface area contributed by atoms with Crippen LogP contribution in [0.25, 0.3) is 10.2 Å². The van der Waals surface area contributed by atoms with Crippen LogP contribution in [0.2, 0.25) is 0 Å². The Hall–Kier alpha value is -1.38. The van der Waals surface area contributed by atoms with E-state index >= 15 is 0 Å². The van der Waals surface area contributed by atoms with Gasteiger partial charge in [-0.2, -0.15) is 0 Å². The van der Waals surface area contributed by atoms with Gasteiger partial charge in [0.1, 0.15) is 4.83 Å². The van der Waals surface area contributed by atoms with E-state index in [4.69, 9.17) is 10.7 Å². The third kappa shape index (κ3) is 3.97. The topological polar surface area (TPSA) is 82.4 Å². The zero-order valence-corrected chi connectivity index (χ0v) is 17.3. The van der Waals surface area contributed by atoms with Crippen LogP contribution < -0.4 is 16.2 Å². The largest absolute Gasteiger partial charge is 0.369 e. The van der Waals surface area contributed by atoms with E-state index in [1.54, 1.807) is 22.8 Å². The summed E-state index contributed by atoms with van der Waals surface area (Å²) in [5.41, 5.74) is 6.68. The molecular formula is C18H27N4O2S2+. The summed E-state index contributed by atoms with van der Waals surface area (Å²) in [5.74, 6) is -0.390. The minimum absolute atomic E-state index is 0.0438. The molecule has 1 atom stereocenters. The molecule has 0 aliphatic heterocycles. The molecule has 0 bridgehead atoms. The average Bonchev–Trinajstić information content (AvgIpc) is 2.95. The number of amides is 1. The standard InChI is InChI=1S/C18H26N4O2S2/c1-11(15(19)23)25-18-20-16-14(12-7-4-5-8-13(12)26-16)17(24)22(18)10-6-9-21(2)3/h11H,4-10H2,1-3H3,(H2,19,23)/p+1/t11-/m0/s1. The molecule has 2 aromatic heterocycles. The predicted molar refractivity (Wildman–Crippen MR) is 107 cm³/mol. The van der Waals surface area contributed by atoms with Crippen molar-refractivity contribution in [2.45, 2.75) is 56.0 Å². The summed E-state index contributed by atoms with van der Waals surface area (Å²) < 4.78 is 1.76. The summed E-state index contributed by atoms with van der Waals surface area (Å²) in [5, 5.41) is 0.999. The molecule has 1 amide bonds. The van der Waals surface area contributed by atoms with Gasteiger partial charge in [-0.15, -0.1) is 11.3 Å². The fourth-order valence-corrected chi connectivity index (χ4v) is 5.50. The number of fused-ring (bicyclic) bond motifs is 3. The summed E-state index contributed by atoms with van der Waals surface area (Å²) in [7, 11) is 4.20. The van der Waals surface area contributed by atoms with Gasteiger partial charge in [0, 0.05) is 17.8 Å². The van der Waals surface area contributed by atoms with Gasteiger partial charge in [-0.05, 0) is 38.2 Å². The van der Waals surface area contributed by atoms with Gasteiger partial charge in [0.2, 0.25) is 5.91 Å². The number of rotatable bonds is 7. The van der Waals surface area contributed by atoms with Crippen molar-refractivity contribution in [3.8, 4) is 0 Å². The molecule has 8 heteroatoms. The van der Waals surface area contributed by atoms with Crippen LogP contribution in [0.5, 0.6) is 0 Å². The molecular weight excluding hydrogens is 368 g/mol.